The number of hydrogen-bond donors (Lipinski definition) is 1. The summed E-state index contributed by atoms with van der Waals surface area (Å²) < 4.78 is 56.9. The van der Waals surface area contributed by atoms with Crippen LogP contribution in [0.3, 0.4) is 0 Å². The molecule has 9 heteroatoms. The predicted molar refractivity (Wildman–Crippen MR) is 238 cm³/mol. The van der Waals surface area contributed by atoms with Crippen molar-refractivity contribution in [2.45, 2.75) is 171 Å². The van der Waals surface area contributed by atoms with E-state index >= 15 is 0 Å². The highest BCUT2D eigenvalue weighted by atomic mass is 32.2. The molecule has 0 amide bonds. The van der Waals surface area contributed by atoms with Gasteiger partial charge in [0.1, 0.15) is 0 Å². The summed E-state index contributed by atoms with van der Waals surface area (Å²) in [6.45, 7) is 32.5. The van der Waals surface area contributed by atoms with E-state index in [9.17, 15) is 13.2 Å². The molecule has 0 unspecified atom stereocenters. The second kappa shape index (κ2) is 17.1. The van der Waals surface area contributed by atoms with E-state index in [1.807, 2.05) is 33.1 Å². The number of carbonyl (C=O) groups is 1. The number of fused-ring (bicyclic) bond motifs is 5. The summed E-state index contributed by atoms with van der Waals surface area (Å²) in [7, 11) is -0.210. The maximum absolute atomic E-state index is 14.6. The number of esters is 1. The SMILES string of the molecule is CCCCOC(=O)[C@@H]1[C@@](C)([C@H](C)C(C)C)CC[C@]2(C)[C@H]3CC[C@H]4C(C)(C)[C@@H](OC[C@@](C)(NS(=O)(=O)c5ccc(C)cc5)C(C)(C)C)[C@H](OC)C[C@]4(COC)C3=CC[C@@]12C. The number of ether oxygens (including phenoxy) is 4. The normalized spacial score (nSPS) is 36.1. The summed E-state index contributed by atoms with van der Waals surface area (Å²) >= 11 is 0. The Hall–Kier alpha value is -1.78. The highest BCUT2D eigenvalue weighted by molar-refractivity contribution is 7.89. The largest absolute Gasteiger partial charge is 0.465 e. The van der Waals surface area contributed by atoms with Gasteiger partial charge in [-0.15, -0.1) is 0 Å². The quantitative estimate of drug-likeness (QED) is 0.107. The molecular weight excluding hydrogens is 759 g/mol. The van der Waals surface area contributed by atoms with Crippen molar-refractivity contribution in [2.75, 3.05) is 34.0 Å². The van der Waals surface area contributed by atoms with Gasteiger partial charge in [0.25, 0.3) is 0 Å². The molecule has 0 heterocycles. The Morgan fingerprint density at radius 1 is 0.949 bits per heavy atom. The van der Waals surface area contributed by atoms with Gasteiger partial charge in [0.05, 0.1) is 48.4 Å². The Bertz CT molecular complexity index is 1780. The first-order valence-corrected chi connectivity index (χ1v) is 24.4. The second-order valence-corrected chi connectivity index (χ2v) is 24.2. The third-order valence-electron chi connectivity index (χ3n) is 17.8. The number of hydrogen-bond acceptors (Lipinski definition) is 7. The zero-order chi connectivity index (χ0) is 44.2. The van der Waals surface area contributed by atoms with Crippen LogP contribution < -0.4 is 4.72 Å². The smallest absolute Gasteiger partial charge is 0.310 e. The van der Waals surface area contributed by atoms with Crippen LogP contribution in [-0.4, -0.2) is 66.2 Å². The van der Waals surface area contributed by atoms with Gasteiger partial charge in [-0.25, -0.2) is 13.1 Å². The molecule has 59 heavy (non-hydrogen) atoms. The number of sulfonamides is 1. The van der Waals surface area contributed by atoms with Crippen LogP contribution in [0.1, 0.15) is 147 Å². The molecule has 336 valence electrons. The maximum atomic E-state index is 14.6. The molecule has 4 aliphatic carbocycles. The molecule has 1 aromatic rings. The third kappa shape index (κ3) is 8.17. The minimum Gasteiger partial charge on any atom is -0.465 e. The molecule has 3 fully saturated rings. The van der Waals surface area contributed by atoms with Crippen molar-refractivity contribution in [3.05, 3.63) is 41.5 Å². The molecule has 1 aromatic carbocycles. The average Bonchev–Trinajstić information content (AvgIpc) is 3.14. The number of rotatable bonds is 15. The van der Waals surface area contributed by atoms with E-state index in [0.29, 0.717) is 31.0 Å². The van der Waals surface area contributed by atoms with Gasteiger partial charge in [-0.05, 0) is 122 Å². The highest BCUT2D eigenvalue weighted by Crippen LogP contribution is 2.74. The summed E-state index contributed by atoms with van der Waals surface area (Å²) in [5.41, 5.74) is -0.0863. The van der Waals surface area contributed by atoms with Crippen LogP contribution in [0.4, 0.5) is 0 Å². The summed E-state index contributed by atoms with van der Waals surface area (Å²) in [5.74, 6) is 1.14. The van der Waals surface area contributed by atoms with Gasteiger partial charge in [0, 0.05) is 19.6 Å². The standard InChI is InChI=1S/C50H83NO7S/c1-17-18-29-57-43(52)41-46(11,35(5)33(2)3)27-28-47(12)37-23-24-40-45(9,10)42(39(56-16)30-50(40,32-55-15)38(37)25-26-48(41,47)13)58-31-49(14,44(6,7)8)51-59(53,54)36-21-19-34(4)20-22-36/h19-22,25,33,35,37,39-42,51H,17-18,23-24,26-32H2,1-16H3/t35-,37+,39-,40+,41-,42+,46-,47-,48+,49-,50+/m1/s1. The van der Waals surface area contributed by atoms with Crippen molar-refractivity contribution in [3.63, 3.8) is 0 Å². The molecule has 8 nitrogen and oxygen atoms in total. The molecule has 0 aromatic heterocycles. The fourth-order valence-electron chi connectivity index (χ4n) is 13.0. The van der Waals surface area contributed by atoms with Crippen LogP contribution >= 0.6 is 0 Å². The Morgan fingerprint density at radius 3 is 2.15 bits per heavy atom. The van der Waals surface area contributed by atoms with Gasteiger partial charge in [-0.2, -0.15) is 0 Å². The molecule has 4 aliphatic rings. The van der Waals surface area contributed by atoms with Crippen molar-refractivity contribution in [2.24, 2.45) is 62.1 Å². The van der Waals surface area contributed by atoms with Crippen molar-refractivity contribution in [1.29, 1.82) is 0 Å². The Kier molecular flexibility index (Phi) is 14.0. The van der Waals surface area contributed by atoms with Gasteiger partial charge < -0.3 is 18.9 Å². The van der Waals surface area contributed by atoms with Gasteiger partial charge in [0.15, 0.2) is 0 Å². The van der Waals surface area contributed by atoms with Gasteiger partial charge >= 0.3 is 5.97 Å². The summed E-state index contributed by atoms with van der Waals surface area (Å²) in [6.07, 6.45) is 9.57. The molecular formula is C50H83NO7S. The minimum atomic E-state index is -3.84. The molecule has 0 saturated heterocycles. The van der Waals surface area contributed by atoms with E-state index < -0.39 is 21.0 Å². The van der Waals surface area contributed by atoms with Gasteiger partial charge in [-0.1, -0.05) is 119 Å². The van der Waals surface area contributed by atoms with E-state index in [0.717, 1.165) is 56.9 Å². The molecule has 11 atom stereocenters. The maximum Gasteiger partial charge on any atom is 0.310 e. The zero-order valence-corrected chi connectivity index (χ0v) is 40.8. The van der Waals surface area contributed by atoms with Crippen molar-refractivity contribution in [3.8, 4) is 0 Å². The van der Waals surface area contributed by atoms with Crippen molar-refractivity contribution in [1.82, 2.24) is 4.72 Å². The fraction of sp³-hybridized carbons (Fsp3) is 0.820. The lowest BCUT2D eigenvalue weighted by atomic mass is 9.34. The number of carbonyl (C=O) groups excluding carboxylic acids is 1. The number of allylic oxidation sites excluding steroid dienone is 1. The monoisotopic (exact) mass is 842 g/mol. The first kappa shape index (κ1) is 48.3. The van der Waals surface area contributed by atoms with Crippen LogP contribution in [0, 0.1) is 69.0 Å². The van der Waals surface area contributed by atoms with E-state index in [4.69, 9.17) is 18.9 Å². The number of methoxy groups -OCH3 is 2. The predicted octanol–water partition coefficient (Wildman–Crippen LogP) is 11.0. The molecule has 0 spiro atoms. The molecule has 1 N–H and O–H groups in total. The minimum absolute atomic E-state index is 0.000616. The van der Waals surface area contributed by atoms with Crippen LogP contribution in [0.15, 0.2) is 40.8 Å². The van der Waals surface area contributed by atoms with Crippen LogP contribution in [0.2, 0.25) is 0 Å². The van der Waals surface area contributed by atoms with E-state index in [1.165, 1.54) is 5.57 Å². The molecule has 5 rings (SSSR count). The molecule has 0 bridgehead atoms. The highest BCUT2D eigenvalue weighted by Gasteiger charge is 2.70. The number of benzene rings is 1. The summed E-state index contributed by atoms with van der Waals surface area (Å²) in [5, 5.41) is 0. The number of aryl methyl sites for hydroxylation is 1. The van der Waals surface area contributed by atoms with Crippen LogP contribution in [0.25, 0.3) is 0 Å². The Labute approximate surface area is 360 Å². The van der Waals surface area contributed by atoms with Crippen molar-refractivity contribution >= 4 is 16.0 Å². The molecule has 3 saturated carbocycles. The third-order valence-corrected chi connectivity index (χ3v) is 19.4. The van der Waals surface area contributed by atoms with Gasteiger partial charge in [0.2, 0.25) is 10.0 Å². The lowest BCUT2D eigenvalue weighted by Gasteiger charge is -2.70. The first-order valence-electron chi connectivity index (χ1n) is 22.9. The van der Waals surface area contributed by atoms with Crippen molar-refractivity contribution < 1.29 is 32.2 Å². The van der Waals surface area contributed by atoms with E-state index in [1.54, 1.807) is 19.2 Å². The fourth-order valence-corrected chi connectivity index (χ4v) is 14.6. The Balaban J connectivity index is 1.53. The average molecular weight is 842 g/mol. The number of nitrogens with one attached hydrogen (secondary N) is 1. The molecule has 0 radical (unpaired) electrons. The second-order valence-electron chi connectivity index (χ2n) is 22.5. The van der Waals surface area contributed by atoms with E-state index in [2.05, 4.69) is 93.9 Å². The van der Waals surface area contributed by atoms with Crippen LogP contribution in [0.5, 0.6) is 0 Å². The van der Waals surface area contributed by atoms with E-state index in [-0.39, 0.29) is 68.6 Å². The zero-order valence-electron chi connectivity index (χ0n) is 40.0. The first-order chi connectivity index (χ1) is 27.3. The topological polar surface area (TPSA) is 100 Å². The lowest BCUT2D eigenvalue weighted by molar-refractivity contribution is -0.227. The summed E-state index contributed by atoms with van der Waals surface area (Å²) in [6, 6.07) is 6.99. The number of unbranched alkanes of at least 4 members (excludes halogenated alkanes) is 1. The Morgan fingerprint density at radius 2 is 1.59 bits per heavy atom. The molecule has 0 aliphatic heterocycles. The van der Waals surface area contributed by atoms with Crippen LogP contribution in [-0.2, 0) is 33.8 Å². The van der Waals surface area contributed by atoms with Gasteiger partial charge in [-0.3, -0.25) is 4.79 Å². The summed E-state index contributed by atoms with van der Waals surface area (Å²) in [4.78, 5) is 14.8. The lowest BCUT2D eigenvalue weighted by Crippen LogP contribution is -2.67.